The average molecular weight is 445 g/mol. The van der Waals surface area contributed by atoms with Gasteiger partial charge in [0, 0.05) is 32.6 Å². The number of hydrogen-bond acceptors (Lipinski definition) is 4. The second kappa shape index (κ2) is 9.83. The van der Waals surface area contributed by atoms with Gasteiger partial charge in [-0.25, -0.2) is 8.42 Å². The molecule has 1 aliphatic heterocycles. The van der Waals surface area contributed by atoms with Gasteiger partial charge < -0.3 is 9.64 Å². The van der Waals surface area contributed by atoms with Crippen LogP contribution in [0.4, 0.5) is 0 Å². The highest BCUT2D eigenvalue weighted by Gasteiger charge is 2.29. The molecule has 0 aliphatic carbocycles. The molecule has 1 aliphatic rings. The van der Waals surface area contributed by atoms with Crippen LogP contribution in [0, 0.1) is 0 Å². The zero-order chi connectivity index (χ0) is 22.5. The highest BCUT2D eigenvalue weighted by Crippen LogP contribution is 2.24. The molecule has 0 spiro atoms. The Kier molecular flexibility index (Phi) is 7.38. The minimum Gasteiger partial charge on any atom is -0.494 e. The van der Waals surface area contributed by atoms with Gasteiger partial charge in [0.05, 0.1) is 11.5 Å². The van der Waals surface area contributed by atoms with Crippen molar-refractivity contribution in [1.29, 1.82) is 0 Å². The molecular formula is C24H32N2O4S. The summed E-state index contributed by atoms with van der Waals surface area (Å²) in [5, 5.41) is 0. The first-order chi connectivity index (χ1) is 14.7. The van der Waals surface area contributed by atoms with E-state index in [2.05, 4.69) is 32.9 Å². The monoisotopic (exact) mass is 444 g/mol. The third-order valence-corrected chi connectivity index (χ3v) is 7.41. The normalized spacial score (nSPS) is 15.6. The first-order valence-corrected chi connectivity index (χ1v) is 12.2. The van der Waals surface area contributed by atoms with E-state index >= 15 is 0 Å². The van der Waals surface area contributed by atoms with E-state index in [1.807, 2.05) is 12.1 Å². The number of benzene rings is 2. The van der Waals surface area contributed by atoms with Crippen molar-refractivity contribution in [3.05, 3.63) is 60.2 Å². The molecule has 0 radical (unpaired) electrons. The smallest absolute Gasteiger partial charge is 0.243 e. The molecule has 0 saturated carbocycles. The molecule has 31 heavy (non-hydrogen) atoms. The quantitative estimate of drug-likeness (QED) is 0.611. The maximum Gasteiger partial charge on any atom is 0.243 e. The number of amides is 1. The van der Waals surface area contributed by atoms with Crippen LogP contribution in [0.5, 0.6) is 5.75 Å². The van der Waals surface area contributed by atoms with Crippen LogP contribution in [-0.2, 0) is 20.2 Å². The second-order valence-electron chi connectivity index (χ2n) is 8.82. The molecule has 0 atom stereocenters. The van der Waals surface area contributed by atoms with Gasteiger partial charge in [-0.15, -0.1) is 0 Å². The average Bonchev–Trinajstić information content (AvgIpc) is 2.77. The van der Waals surface area contributed by atoms with Crippen molar-refractivity contribution >= 4 is 15.9 Å². The van der Waals surface area contributed by atoms with Crippen LogP contribution in [0.25, 0.3) is 0 Å². The molecule has 0 unspecified atom stereocenters. The van der Waals surface area contributed by atoms with Crippen LogP contribution in [0.15, 0.2) is 59.5 Å². The number of sulfonamides is 1. The summed E-state index contributed by atoms with van der Waals surface area (Å²) >= 11 is 0. The predicted octanol–water partition coefficient (Wildman–Crippen LogP) is 3.68. The topological polar surface area (TPSA) is 66.9 Å². The molecule has 0 N–H and O–H groups in total. The molecule has 1 amide bonds. The van der Waals surface area contributed by atoms with Crippen molar-refractivity contribution in [2.75, 3.05) is 32.8 Å². The van der Waals surface area contributed by atoms with Gasteiger partial charge in [-0.05, 0) is 41.7 Å². The minimum atomic E-state index is -3.50. The van der Waals surface area contributed by atoms with Crippen molar-refractivity contribution < 1.29 is 17.9 Å². The summed E-state index contributed by atoms with van der Waals surface area (Å²) in [5.41, 5.74) is 1.36. The fraction of sp³-hybridized carbons (Fsp3) is 0.458. The van der Waals surface area contributed by atoms with E-state index in [-0.39, 0.29) is 11.3 Å². The third-order valence-electron chi connectivity index (χ3n) is 5.50. The van der Waals surface area contributed by atoms with Gasteiger partial charge in [-0.1, -0.05) is 51.1 Å². The number of ether oxygens (including phenoxy) is 1. The van der Waals surface area contributed by atoms with E-state index in [1.165, 1.54) is 9.87 Å². The maximum absolute atomic E-state index is 12.7. The molecule has 1 heterocycles. The van der Waals surface area contributed by atoms with Crippen molar-refractivity contribution in [1.82, 2.24) is 9.21 Å². The van der Waals surface area contributed by atoms with Gasteiger partial charge >= 0.3 is 0 Å². The van der Waals surface area contributed by atoms with Crippen molar-refractivity contribution in [2.45, 2.75) is 43.9 Å². The van der Waals surface area contributed by atoms with Crippen LogP contribution < -0.4 is 4.74 Å². The van der Waals surface area contributed by atoms with E-state index in [1.54, 1.807) is 35.2 Å². The maximum atomic E-state index is 12.7. The van der Waals surface area contributed by atoms with Gasteiger partial charge in [0.25, 0.3) is 0 Å². The van der Waals surface area contributed by atoms with Crippen molar-refractivity contribution in [2.24, 2.45) is 0 Å². The van der Waals surface area contributed by atoms with Gasteiger partial charge in [0.2, 0.25) is 15.9 Å². The molecule has 0 aromatic heterocycles. The molecule has 7 heteroatoms. The highest BCUT2D eigenvalue weighted by molar-refractivity contribution is 7.89. The van der Waals surface area contributed by atoms with Crippen LogP contribution in [0.3, 0.4) is 0 Å². The van der Waals surface area contributed by atoms with E-state index in [0.717, 1.165) is 5.75 Å². The number of hydrogen-bond donors (Lipinski definition) is 0. The molecule has 3 rings (SSSR count). The summed E-state index contributed by atoms with van der Waals surface area (Å²) in [4.78, 5) is 14.5. The van der Waals surface area contributed by atoms with E-state index in [0.29, 0.717) is 50.5 Å². The Bertz CT molecular complexity index is 959. The number of carbonyl (C=O) groups is 1. The minimum absolute atomic E-state index is 0.0449. The summed E-state index contributed by atoms with van der Waals surface area (Å²) < 4.78 is 32.6. The number of rotatable bonds is 7. The van der Waals surface area contributed by atoms with E-state index in [9.17, 15) is 13.2 Å². The Morgan fingerprint density at radius 1 is 0.935 bits per heavy atom. The summed E-state index contributed by atoms with van der Waals surface area (Å²) in [6.45, 7) is 8.46. The zero-order valence-corrected chi connectivity index (χ0v) is 19.4. The largest absolute Gasteiger partial charge is 0.494 e. The standard InChI is InChI=1S/C24H32N2O4S/c1-24(2,3)20-11-13-21(14-12-20)30-19-7-10-23(27)25-15-17-26(18-16-25)31(28,29)22-8-5-4-6-9-22/h4-6,8-9,11-14H,7,10,15-19H2,1-3H3. The Labute approximate surface area is 185 Å². The molecule has 0 bridgehead atoms. The van der Waals surface area contributed by atoms with Crippen LogP contribution >= 0.6 is 0 Å². The summed E-state index contributed by atoms with van der Waals surface area (Å²) in [7, 11) is -3.50. The van der Waals surface area contributed by atoms with Crippen molar-refractivity contribution in [3.8, 4) is 5.75 Å². The Morgan fingerprint density at radius 2 is 1.55 bits per heavy atom. The molecular weight excluding hydrogens is 412 g/mol. The van der Waals surface area contributed by atoms with Crippen molar-refractivity contribution in [3.63, 3.8) is 0 Å². The molecule has 1 fully saturated rings. The Morgan fingerprint density at radius 3 is 2.13 bits per heavy atom. The Hall–Kier alpha value is -2.38. The molecule has 1 saturated heterocycles. The highest BCUT2D eigenvalue weighted by atomic mass is 32.2. The fourth-order valence-electron chi connectivity index (χ4n) is 3.54. The third kappa shape index (κ3) is 6.08. The van der Waals surface area contributed by atoms with Gasteiger partial charge in [-0.3, -0.25) is 4.79 Å². The predicted molar refractivity (Wildman–Crippen MR) is 122 cm³/mol. The summed E-state index contributed by atoms with van der Waals surface area (Å²) in [5.74, 6) is 0.851. The molecule has 2 aromatic carbocycles. The molecule has 6 nitrogen and oxygen atoms in total. The lowest BCUT2D eigenvalue weighted by Gasteiger charge is -2.34. The van der Waals surface area contributed by atoms with Gasteiger partial charge in [-0.2, -0.15) is 4.31 Å². The lowest BCUT2D eigenvalue weighted by Crippen LogP contribution is -2.50. The zero-order valence-electron chi connectivity index (χ0n) is 18.6. The van der Waals surface area contributed by atoms with Crippen LogP contribution in [0.1, 0.15) is 39.2 Å². The first kappa shape index (κ1) is 23.3. The molecule has 168 valence electrons. The lowest BCUT2D eigenvalue weighted by molar-refractivity contribution is -0.132. The van der Waals surface area contributed by atoms with E-state index < -0.39 is 10.0 Å². The van der Waals surface area contributed by atoms with Gasteiger partial charge in [0.1, 0.15) is 5.75 Å². The number of nitrogens with zero attached hydrogens (tertiary/aromatic N) is 2. The number of carbonyl (C=O) groups excluding carboxylic acids is 1. The first-order valence-electron chi connectivity index (χ1n) is 10.7. The van der Waals surface area contributed by atoms with Crippen LogP contribution in [-0.4, -0.2) is 56.3 Å². The summed E-state index contributed by atoms with van der Waals surface area (Å²) in [6, 6.07) is 16.5. The van der Waals surface area contributed by atoms with Crippen LogP contribution in [0.2, 0.25) is 0 Å². The Balaban J connectivity index is 1.40. The molecule has 2 aromatic rings. The summed E-state index contributed by atoms with van der Waals surface area (Å²) in [6.07, 6.45) is 1.02. The van der Waals surface area contributed by atoms with E-state index in [4.69, 9.17) is 4.74 Å². The number of piperazine rings is 1. The second-order valence-corrected chi connectivity index (χ2v) is 10.8. The van der Waals surface area contributed by atoms with Gasteiger partial charge in [0.15, 0.2) is 0 Å². The fourth-order valence-corrected chi connectivity index (χ4v) is 4.99. The SMILES string of the molecule is CC(C)(C)c1ccc(OCCCC(=O)N2CCN(S(=O)(=O)c3ccccc3)CC2)cc1. The lowest BCUT2D eigenvalue weighted by atomic mass is 9.87.